The summed E-state index contributed by atoms with van der Waals surface area (Å²) in [6.07, 6.45) is 2.89. The van der Waals surface area contributed by atoms with E-state index >= 15 is 0 Å². The Morgan fingerprint density at radius 1 is 1.38 bits per heavy atom. The van der Waals surface area contributed by atoms with E-state index in [9.17, 15) is 14.4 Å². The molecule has 0 atom stereocenters. The van der Waals surface area contributed by atoms with Gasteiger partial charge in [-0.3, -0.25) is 14.2 Å². The minimum atomic E-state index is -0.766. The minimum Gasteiger partial charge on any atom is -0.462 e. The quantitative estimate of drug-likeness (QED) is 0.459. The molecule has 1 aromatic heterocycles. The van der Waals surface area contributed by atoms with Crippen molar-refractivity contribution in [1.29, 1.82) is 0 Å². The largest absolute Gasteiger partial charge is 0.462 e. The predicted molar refractivity (Wildman–Crippen MR) is 101 cm³/mol. The first-order valence-electron chi connectivity index (χ1n) is 7.74. The molecule has 0 fully saturated rings. The third-order valence-corrected chi connectivity index (χ3v) is 4.39. The van der Waals surface area contributed by atoms with Crippen LogP contribution in [0.1, 0.15) is 22.8 Å². The van der Waals surface area contributed by atoms with Crippen LogP contribution >= 0.6 is 23.4 Å². The number of anilines is 1. The molecule has 0 radical (unpaired) electrons. The fraction of sp³-hybridized carbons (Fsp3) is 0.294. The molecule has 0 bridgehead atoms. The minimum absolute atomic E-state index is 0.136. The molecule has 9 heteroatoms. The predicted octanol–water partition coefficient (Wildman–Crippen LogP) is 2.74. The number of nitrogens with zero attached hydrogens (tertiary/aromatic N) is 2. The van der Waals surface area contributed by atoms with Crippen molar-refractivity contribution in [2.75, 3.05) is 18.2 Å². The van der Waals surface area contributed by atoms with Gasteiger partial charge in [0, 0.05) is 10.7 Å². The van der Waals surface area contributed by atoms with Crippen molar-refractivity contribution in [2.24, 2.45) is 0 Å². The van der Waals surface area contributed by atoms with Crippen LogP contribution in [0.25, 0.3) is 0 Å². The maximum absolute atomic E-state index is 12.6. The highest BCUT2D eigenvalue weighted by Crippen LogP contribution is 2.20. The number of aromatic nitrogens is 2. The molecule has 1 aromatic carbocycles. The molecule has 2 aromatic rings. The van der Waals surface area contributed by atoms with Crippen molar-refractivity contribution in [2.45, 2.75) is 25.5 Å². The number of thioether (sulfide) groups is 1. The van der Waals surface area contributed by atoms with Crippen molar-refractivity contribution in [3.05, 3.63) is 50.9 Å². The Hall–Kier alpha value is -2.32. The second kappa shape index (κ2) is 8.86. The Bertz CT molecular complexity index is 898. The van der Waals surface area contributed by atoms with E-state index in [1.165, 1.54) is 18.0 Å². The number of esters is 1. The number of halogens is 1. The fourth-order valence-electron chi connectivity index (χ4n) is 2.19. The molecule has 26 heavy (non-hydrogen) atoms. The van der Waals surface area contributed by atoms with Crippen molar-refractivity contribution in [1.82, 2.24) is 9.55 Å². The lowest BCUT2D eigenvalue weighted by atomic mass is 10.2. The van der Waals surface area contributed by atoms with Gasteiger partial charge in [0.25, 0.3) is 5.56 Å². The summed E-state index contributed by atoms with van der Waals surface area (Å²) >= 11 is 7.14. The summed E-state index contributed by atoms with van der Waals surface area (Å²) in [5.41, 5.74) is 0.548. The molecule has 0 spiro atoms. The Kier molecular flexibility index (Phi) is 6.82. The van der Waals surface area contributed by atoms with E-state index in [1.807, 2.05) is 6.92 Å². The van der Waals surface area contributed by atoms with Crippen molar-refractivity contribution in [3.8, 4) is 0 Å². The van der Waals surface area contributed by atoms with Gasteiger partial charge >= 0.3 is 5.97 Å². The number of aryl methyl sites for hydroxylation is 1. The molecule has 1 N–H and O–H groups in total. The zero-order valence-electron chi connectivity index (χ0n) is 14.5. The van der Waals surface area contributed by atoms with Crippen LogP contribution in [0.3, 0.4) is 0 Å². The van der Waals surface area contributed by atoms with E-state index in [-0.39, 0.29) is 18.7 Å². The molecule has 0 saturated carbocycles. The zero-order valence-corrected chi connectivity index (χ0v) is 16.1. The van der Waals surface area contributed by atoms with Gasteiger partial charge in [0.05, 0.1) is 12.8 Å². The third kappa shape index (κ3) is 4.64. The van der Waals surface area contributed by atoms with Crippen LogP contribution in [-0.2, 0) is 16.1 Å². The first-order valence-corrected chi connectivity index (χ1v) is 9.34. The number of nitrogens with one attached hydrogen (secondary N) is 1. The molecular formula is C17H18ClN3O4S. The fourth-order valence-corrected chi connectivity index (χ4v) is 2.89. The molecule has 0 unspecified atom stereocenters. The van der Waals surface area contributed by atoms with Gasteiger partial charge in [0.1, 0.15) is 12.1 Å². The molecule has 1 amide bonds. The molecular weight excluding hydrogens is 378 g/mol. The number of carbonyl (C=O) groups is 2. The van der Waals surface area contributed by atoms with Crippen LogP contribution in [0.5, 0.6) is 0 Å². The Morgan fingerprint density at radius 3 is 2.77 bits per heavy atom. The van der Waals surface area contributed by atoms with E-state index in [0.717, 1.165) is 10.1 Å². The highest BCUT2D eigenvalue weighted by Gasteiger charge is 2.19. The van der Waals surface area contributed by atoms with Crippen molar-refractivity contribution < 1.29 is 14.3 Å². The number of carbonyl (C=O) groups excluding carboxylic acids is 2. The number of hydrogen-bond donors (Lipinski definition) is 1. The van der Waals surface area contributed by atoms with Gasteiger partial charge in [-0.05, 0) is 37.8 Å². The second-order valence-corrected chi connectivity index (χ2v) is 6.49. The highest BCUT2D eigenvalue weighted by atomic mass is 35.5. The van der Waals surface area contributed by atoms with Crippen LogP contribution in [0.15, 0.2) is 34.3 Å². The normalized spacial score (nSPS) is 10.5. The third-order valence-electron chi connectivity index (χ3n) is 3.46. The van der Waals surface area contributed by atoms with Gasteiger partial charge in [0.15, 0.2) is 5.16 Å². The molecule has 2 rings (SSSR count). The summed E-state index contributed by atoms with van der Waals surface area (Å²) in [6, 6.07) is 5.12. The standard InChI is InChI=1S/C17H18ClN3O4S/c1-4-25-16(24)12-8-19-17(26-3)21(15(12)23)9-14(22)20-13-7-11(18)6-5-10(13)2/h5-8H,4,9H2,1-3H3,(H,20,22). The second-order valence-electron chi connectivity index (χ2n) is 5.28. The summed E-state index contributed by atoms with van der Waals surface area (Å²) < 4.78 is 6.00. The van der Waals surface area contributed by atoms with Gasteiger partial charge in [0.2, 0.25) is 5.91 Å². The monoisotopic (exact) mass is 395 g/mol. The maximum Gasteiger partial charge on any atom is 0.345 e. The van der Waals surface area contributed by atoms with Crippen LogP contribution in [-0.4, -0.2) is 34.3 Å². The molecule has 7 nitrogen and oxygen atoms in total. The lowest BCUT2D eigenvalue weighted by molar-refractivity contribution is -0.116. The van der Waals surface area contributed by atoms with Gasteiger partial charge < -0.3 is 10.1 Å². The summed E-state index contributed by atoms with van der Waals surface area (Å²) in [7, 11) is 0. The number of benzene rings is 1. The van der Waals surface area contributed by atoms with E-state index in [1.54, 1.807) is 31.4 Å². The first-order chi connectivity index (χ1) is 12.4. The lowest BCUT2D eigenvalue weighted by Crippen LogP contribution is -2.33. The SMILES string of the molecule is CCOC(=O)c1cnc(SC)n(CC(=O)Nc2cc(Cl)ccc2C)c1=O. The first kappa shape index (κ1) is 20.0. The number of ether oxygens (including phenoxy) is 1. The Balaban J connectivity index is 2.31. The molecule has 0 saturated heterocycles. The van der Waals surface area contributed by atoms with Crippen LogP contribution in [0, 0.1) is 6.92 Å². The van der Waals surface area contributed by atoms with Crippen LogP contribution in [0.4, 0.5) is 5.69 Å². The van der Waals surface area contributed by atoms with Gasteiger partial charge in [-0.2, -0.15) is 0 Å². The summed E-state index contributed by atoms with van der Waals surface area (Å²) in [5, 5.41) is 3.52. The molecule has 1 heterocycles. The maximum atomic E-state index is 12.6. The molecule has 0 aliphatic heterocycles. The number of amides is 1. The van der Waals surface area contributed by atoms with Gasteiger partial charge in [-0.15, -0.1) is 0 Å². The van der Waals surface area contributed by atoms with Crippen LogP contribution in [0.2, 0.25) is 5.02 Å². The molecule has 0 aliphatic carbocycles. The lowest BCUT2D eigenvalue weighted by Gasteiger charge is -2.13. The highest BCUT2D eigenvalue weighted by molar-refractivity contribution is 7.98. The summed E-state index contributed by atoms with van der Waals surface area (Å²) in [4.78, 5) is 40.9. The molecule has 138 valence electrons. The van der Waals surface area contributed by atoms with E-state index < -0.39 is 17.4 Å². The number of hydrogen-bond acceptors (Lipinski definition) is 6. The Labute approximate surface area is 159 Å². The van der Waals surface area contributed by atoms with Crippen molar-refractivity contribution >= 4 is 40.9 Å². The summed E-state index contributed by atoms with van der Waals surface area (Å²) in [5.74, 6) is -1.20. The van der Waals surface area contributed by atoms with Crippen LogP contribution < -0.4 is 10.9 Å². The smallest absolute Gasteiger partial charge is 0.345 e. The van der Waals surface area contributed by atoms with Crippen molar-refractivity contribution in [3.63, 3.8) is 0 Å². The average molecular weight is 396 g/mol. The van der Waals surface area contributed by atoms with E-state index in [2.05, 4.69) is 10.3 Å². The molecule has 0 aliphatic rings. The summed E-state index contributed by atoms with van der Waals surface area (Å²) in [6.45, 7) is 3.31. The van der Waals surface area contributed by atoms with E-state index in [0.29, 0.717) is 15.9 Å². The zero-order chi connectivity index (χ0) is 19.3. The van der Waals surface area contributed by atoms with Gasteiger partial charge in [-0.25, -0.2) is 9.78 Å². The van der Waals surface area contributed by atoms with Gasteiger partial charge in [-0.1, -0.05) is 29.4 Å². The number of rotatable bonds is 6. The average Bonchev–Trinajstić information content (AvgIpc) is 2.60. The topological polar surface area (TPSA) is 90.3 Å². The Morgan fingerprint density at radius 2 is 2.12 bits per heavy atom. The van der Waals surface area contributed by atoms with E-state index in [4.69, 9.17) is 16.3 Å².